The number of hydrogen-bond acceptors (Lipinski definition) is 7. The van der Waals surface area contributed by atoms with E-state index in [1.807, 2.05) is 11.8 Å². The number of halogens is 3. The molecule has 6 nitrogen and oxygen atoms in total. The third kappa shape index (κ3) is 3.11. The van der Waals surface area contributed by atoms with Gasteiger partial charge in [-0.25, -0.2) is 15.0 Å². The highest BCUT2D eigenvalue weighted by Crippen LogP contribution is 2.29. The largest absolute Gasteiger partial charge is 0.433 e. The lowest BCUT2D eigenvalue weighted by Gasteiger charge is -2.35. The summed E-state index contributed by atoms with van der Waals surface area (Å²) < 4.78 is 42.2. The van der Waals surface area contributed by atoms with Crippen LogP contribution in [0.4, 0.5) is 24.1 Å². The molecule has 22 heavy (non-hydrogen) atoms. The number of nitrogens with zero attached hydrogens (tertiary/aromatic N) is 6. The number of rotatable bonds is 2. The Morgan fingerprint density at radius 3 is 2.36 bits per heavy atom. The highest BCUT2D eigenvalue weighted by Gasteiger charge is 2.33. The van der Waals surface area contributed by atoms with Gasteiger partial charge in [0.05, 0.1) is 0 Å². The Kier molecular flexibility index (Phi) is 3.85. The van der Waals surface area contributed by atoms with E-state index in [1.165, 1.54) is 11.5 Å². The van der Waals surface area contributed by atoms with Crippen LogP contribution in [0.2, 0.25) is 0 Å². The van der Waals surface area contributed by atoms with Gasteiger partial charge in [0.25, 0.3) is 0 Å². The molecule has 2 aromatic heterocycles. The zero-order chi connectivity index (χ0) is 15.7. The van der Waals surface area contributed by atoms with E-state index in [4.69, 9.17) is 0 Å². The minimum atomic E-state index is -4.45. The van der Waals surface area contributed by atoms with Crippen molar-refractivity contribution in [2.45, 2.75) is 13.1 Å². The molecular formula is C12H13F3N6S. The molecule has 1 aliphatic heterocycles. The Bertz CT molecular complexity index is 650. The lowest BCUT2D eigenvalue weighted by molar-refractivity contribution is -0.141. The smallest absolute Gasteiger partial charge is 0.353 e. The fourth-order valence-corrected chi connectivity index (χ4v) is 2.94. The molecule has 1 fully saturated rings. The Labute approximate surface area is 128 Å². The standard InChI is InChI=1S/C12H13F3N6S/c1-8-18-11(22-19-8)21-4-2-20(3-5-21)10-6-9(12(13,14)15)16-7-17-10/h6-7H,2-5H2,1H3. The third-order valence-electron chi connectivity index (χ3n) is 3.33. The minimum Gasteiger partial charge on any atom is -0.353 e. The summed E-state index contributed by atoms with van der Waals surface area (Å²) in [6.45, 7) is 4.32. The minimum absolute atomic E-state index is 0.301. The zero-order valence-electron chi connectivity index (χ0n) is 11.7. The maximum atomic E-state index is 12.7. The second-order valence-electron chi connectivity index (χ2n) is 4.86. The zero-order valence-corrected chi connectivity index (χ0v) is 12.5. The molecule has 0 atom stereocenters. The summed E-state index contributed by atoms with van der Waals surface area (Å²) in [4.78, 5) is 15.4. The molecule has 2 aromatic rings. The van der Waals surface area contributed by atoms with Crippen molar-refractivity contribution in [1.29, 1.82) is 0 Å². The first kappa shape index (κ1) is 14.9. The molecule has 0 unspecified atom stereocenters. The van der Waals surface area contributed by atoms with Gasteiger partial charge in [-0.3, -0.25) is 0 Å². The van der Waals surface area contributed by atoms with E-state index < -0.39 is 11.9 Å². The van der Waals surface area contributed by atoms with E-state index in [-0.39, 0.29) is 0 Å². The van der Waals surface area contributed by atoms with Crippen LogP contribution < -0.4 is 9.80 Å². The normalized spacial score (nSPS) is 16.2. The van der Waals surface area contributed by atoms with Crippen LogP contribution in [0, 0.1) is 6.92 Å². The molecule has 0 aromatic carbocycles. The van der Waals surface area contributed by atoms with Crippen molar-refractivity contribution in [3.8, 4) is 0 Å². The molecule has 0 amide bonds. The van der Waals surface area contributed by atoms with Gasteiger partial charge in [-0.1, -0.05) is 0 Å². The van der Waals surface area contributed by atoms with Crippen molar-refractivity contribution in [1.82, 2.24) is 19.3 Å². The van der Waals surface area contributed by atoms with Crippen LogP contribution in [0.5, 0.6) is 0 Å². The van der Waals surface area contributed by atoms with Gasteiger partial charge in [-0.05, 0) is 6.92 Å². The monoisotopic (exact) mass is 330 g/mol. The fourth-order valence-electron chi connectivity index (χ4n) is 2.22. The summed E-state index contributed by atoms with van der Waals surface area (Å²) in [5, 5.41) is 0.843. The number of aryl methyl sites for hydroxylation is 1. The molecule has 10 heteroatoms. The van der Waals surface area contributed by atoms with Gasteiger partial charge >= 0.3 is 6.18 Å². The summed E-state index contributed by atoms with van der Waals surface area (Å²) in [7, 11) is 0. The van der Waals surface area contributed by atoms with Gasteiger partial charge in [0.15, 0.2) is 0 Å². The van der Waals surface area contributed by atoms with E-state index in [2.05, 4.69) is 24.2 Å². The van der Waals surface area contributed by atoms with E-state index in [0.29, 0.717) is 32.0 Å². The average molecular weight is 330 g/mol. The Hall–Kier alpha value is -1.97. The molecule has 0 bridgehead atoms. The third-order valence-corrected chi connectivity index (χ3v) is 4.20. The Morgan fingerprint density at radius 1 is 1.09 bits per heavy atom. The lowest BCUT2D eigenvalue weighted by atomic mass is 10.3. The molecular weight excluding hydrogens is 317 g/mol. The van der Waals surface area contributed by atoms with Crippen molar-refractivity contribution in [2.24, 2.45) is 0 Å². The first-order valence-electron chi connectivity index (χ1n) is 6.63. The van der Waals surface area contributed by atoms with E-state index in [1.54, 1.807) is 0 Å². The van der Waals surface area contributed by atoms with Crippen LogP contribution >= 0.6 is 11.5 Å². The van der Waals surface area contributed by atoms with Crippen LogP contribution in [0.15, 0.2) is 12.4 Å². The van der Waals surface area contributed by atoms with Crippen LogP contribution in [0.1, 0.15) is 11.5 Å². The van der Waals surface area contributed by atoms with Gasteiger partial charge < -0.3 is 9.80 Å². The van der Waals surface area contributed by atoms with Crippen LogP contribution in [-0.2, 0) is 6.18 Å². The van der Waals surface area contributed by atoms with Gasteiger partial charge in [0.1, 0.15) is 23.7 Å². The summed E-state index contributed by atoms with van der Waals surface area (Å²) in [5.74, 6) is 1.03. The predicted molar refractivity (Wildman–Crippen MR) is 76.1 cm³/mol. The maximum Gasteiger partial charge on any atom is 0.433 e. The molecule has 0 aliphatic carbocycles. The average Bonchev–Trinajstić information content (AvgIpc) is 2.93. The number of aromatic nitrogens is 4. The second-order valence-corrected chi connectivity index (χ2v) is 5.59. The Morgan fingerprint density at radius 2 is 1.77 bits per heavy atom. The maximum absolute atomic E-state index is 12.7. The second kappa shape index (κ2) is 5.67. The quantitative estimate of drug-likeness (QED) is 0.839. The molecule has 0 radical (unpaired) electrons. The first-order chi connectivity index (χ1) is 10.4. The van der Waals surface area contributed by atoms with Crippen molar-refractivity contribution in [3.63, 3.8) is 0 Å². The van der Waals surface area contributed by atoms with Crippen LogP contribution in [0.25, 0.3) is 0 Å². The molecule has 3 rings (SSSR count). The molecule has 0 spiro atoms. The van der Waals surface area contributed by atoms with Gasteiger partial charge in [0.2, 0.25) is 5.13 Å². The van der Waals surface area contributed by atoms with E-state index in [9.17, 15) is 13.2 Å². The number of alkyl halides is 3. The van der Waals surface area contributed by atoms with Gasteiger partial charge in [0, 0.05) is 43.8 Å². The predicted octanol–water partition coefficient (Wildman–Crippen LogP) is 1.98. The van der Waals surface area contributed by atoms with Crippen LogP contribution in [-0.4, -0.2) is 45.5 Å². The van der Waals surface area contributed by atoms with Crippen molar-refractivity contribution < 1.29 is 13.2 Å². The summed E-state index contributed by atoms with van der Waals surface area (Å²) >= 11 is 1.33. The fraction of sp³-hybridized carbons (Fsp3) is 0.500. The van der Waals surface area contributed by atoms with E-state index in [0.717, 1.165) is 23.3 Å². The van der Waals surface area contributed by atoms with Crippen molar-refractivity contribution >= 4 is 22.5 Å². The molecule has 3 heterocycles. The molecule has 0 N–H and O–H groups in total. The number of anilines is 2. The van der Waals surface area contributed by atoms with Crippen molar-refractivity contribution in [3.05, 3.63) is 23.9 Å². The van der Waals surface area contributed by atoms with Gasteiger partial charge in [-0.15, -0.1) is 0 Å². The molecule has 118 valence electrons. The highest BCUT2D eigenvalue weighted by molar-refractivity contribution is 7.09. The molecule has 1 saturated heterocycles. The summed E-state index contributed by atoms with van der Waals surface area (Å²) in [6, 6.07) is 0.991. The SMILES string of the molecule is Cc1nsc(N2CCN(c3cc(C(F)(F)F)ncn3)CC2)n1. The lowest BCUT2D eigenvalue weighted by Crippen LogP contribution is -2.46. The highest BCUT2D eigenvalue weighted by atomic mass is 32.1. The summed E-state index contributed by atoms with van der Waals surface area (Å²) in [5.41, 5.74) is -0.917. The number of piperazine rings is 1. The van der Waals surface area contributed by atoms with Crippen LogP contribution in [0.3, 0.4) is 0 Å². The van der Waals surface area contributed by atoms with E-state index >= 15 is 0 Å². The number of hydrogen-bond donors (Lipinski definition) is 0. The first-order valence-corrected chi connectivity index (χ1v) is 7.40. The topological polar surface area (TPSA) is 58.0 Å². The van der Waals surface area contributed by atoms with Gasteiger partial charge in [-0.2, -0.15) is 17.5 Å². The molecule has 1 aliphatic rings. The molecule has 0 saturated carbocycles. The van der Waals surface area contributed by atoms with Crippen molar-refractivity contribution in [2.75, 3.05) is 36.0 Å². The Balaban J connectivity index is 1.69. The summed E-state index contributed by atoms with van der Waals surface area (Å²) in [6.07, 6.45) is -3.50.